The van der Waals surface area contributed by atoms with Gasteiger partial charge in [-0.15, -0.1) is 0 Å². The smallest absolute Gasteiger partial charge is 0.150 e. The predicted octanol–water partition coefficient (Wildman–Crippen LogP) is 2.78. The van der Waals surface area contributed by atoms with Gasteiger partial charge in [0.15, 0.2) is 0 Å². The fraction of sp³-hybridized carbons (Fsp3) is 0.375. The van der Waals surface area contributed by atoms with Gasteiger partial charge in [-0.1, -0.05) is 18.2 Å². The molecule has 104 valence electrons. The zero-order valence-electron chi connectivity index (χ0n) is 12.2. The monoisotopic (exact) mass is 268 g/mol. The Morgan fingerprint density at radius 2 is 2.10 bits per heavy atom. The van der Waals surface area contributed by atoms with Gasteiger partial charge in [0.25, 0.3) is 0 Å². The molecule has 0 saturated heterocycles. The van der Waals surface area contributed by atoms with Gasteiger partial charge < -0.3 is 10.2 Å². The van der Waals surface area contributed by atoms with Crippen molar-refractivity contribution in [1.82, 2.24) is 9.97 Å². The molecule has 20 heavy (non-hydrogen) atoms. The van der Waals surface area contributed by atoms with Crippen molar-refractivity contribution in [2.45, 2.75) is 32.9 Å². The highest BCUT2D eigenvalue weighted by Gasteiger charge is 2.26. The molecule has 2 heterocycles. The third kappa shape index (κ3) is 2.33. The summed E-state index contributed by atoms with van der Waals surface area (Å²) in [6.45, 7) is 5.02. The van der Waals surface area contributed by atoms with E-state index in [0.29, 0.717) is 6.04 Å². The van der Waals surface area contributed by atoms with E-state index in [2.05, 4.69) is 51.4 Å². The molecule has 1 atom stereocenters. The first-order valence-corrected chi connectivity index (χ1v) is 7.04. The van der Waals surface area contributed by atoms with Crippen LogP contribution >= 0.6 is 0 Å². The van der Waals surface area contributed by atoms with Gasteiger partial charge in [-0.25, -0.2) is 9.97 Å². The molecule has 1 aromatic carbocycles. The first-order chi connectivity index (χ1) is 9.67. The zero-order valence-corrected chi connectivity index (χ0v) is 12.2. The van der Waals surface area contributed by atoms with Gasteiger partial charge in [0.2, 0.25) is 0 Å². The maximum Gasteiger partial charge on any atom is 0.150 e. The van der Waals surface area contributed by atoms with Crippen LogP contribution in [0.5, 0.6) is 0 Å². The van der Waals surface area contributed by atoms with Crippen molar-refractivity contribution in [3.63, 3.8) is 0 Å². The van der Waals surface area contributed by atoms with E-state index in [1.165, 1.54) is 11.3 Å². The minimum atomic E-state index is 0.495. The largest absolute Gasteiger partial charge is 0.373 e. The lowest BCUT2D eigenvalue weighted by Gasteiger charge is -2.24. The number of aryl methyl sites for hydroxylation is 1. The van der Waals surface area contributed by atoms with E-state index < -0.39 is 0 Å². The van der Waals surface area contributed by atoms with E-state index in [1.807, 2.05) is 20.0 Å². The van der Waals surface area contributed by atoms with E-state index in [1.54, 1.807) is 0 Å². The summed E-state index contributed by atoms with van der Waals surface area (Å²) < 4.78 is 0. The van der Waals surface area contributed by atoms with Crippen molar-refractivity contribution in [1.29, 1.82) is 0 Å². The van der Waals surface area contributed by atoms with Gasteiger partial charge in [-0.3, -0.25) is 0 Å². The highest BCUT2D eigenvalue weighted by atomic mass is 15.2. The predicted molar refractivity (Wildman–Crippen MR) is 82.1 cm³/mol. The third-order valence-electron chi connectivity index (χ3n) is 3.82. The van der Waals surface area contributed by atoms with Crippen molar-refractivity contribution in [3.8, 4) is 0 Å². The third-order valence-corrected chi connectivity index (χ3v) is 3.82. The quantitative estimate of drug-likeness (QED) is 0.929. The van der Waals surface area contributed by atoms with E-state index >= 15 is 0 Å². The number of nitrogens with zero attached hydrogens (tertiary/aromatic N) is 3. The molecule has 3 rings (SSSR count). The molecule has 2 aromatic rings. The Morgan fingerprint density at radius 1 is 1.30 bits per heavy atom. The Bertz CT molecular complexity index is 624. The van der Waals surface area contributed by atoms with Crippen LogP contribution in [0.4, 0.5) is 11.5 Å². The molecule has 1 unspecified atom stereocenters. The van der Waals surface area contributed by atoms with Crippen LogP contribution in [0.3, 0.4) is 0 Å². The van der Waals surface area contributed by atoms with E-state index in [9.17, 15) is 0 Å². The molecule has 0 saturated carbocycles. The molecule has 1 aliphatic heterocycles. The fourth-order valence-electron chi connectivity index (χ4n) is 2.85. The first kappa shape index (κ1) is 12.9. The van der Waals surface area contributed by atoms with E-state index in [-0.39, 0.29) is 0 Å². The Labute approximate surface area is 119 Å². The molecule has 4 nitrogen and oxygen atoms in total. The molecule has 1 N–H and O–H groups in total. The Balaban J connectivity index is 1.90. The molecule has 1 aromatic heterocycles. The minimum absolute atomic E-state index is 0.495. The summed E-state index contributed by atoms with van der Waals surface area (Å²) in [5.41, 5.74) is 3.73. The number of hydrogen-bond acceptors (Lipinski definition) is 4. The molecule has 0 bridgehead atoms. The summed E-state index contributed by atoms with van der Waals surface area (Å²) in [6, 6.07) is 11.1. The molecular formula is C16H20N4. The van der Waals surface area contributed by atoms with Crippen LogP contribution in [0.15, 0.2) is 30.3 Å². The summed E-state index contributed by atoms with van der Waals surface area (Å²) >= 11 is 0. The lowest BCUT2D eigenvalue weighted by Crippen LogP contribution is -2.29. The number of nitrogens with one attached hydrogen (secondary N) is 1. The van der Waals surface area contributed by atoms with Crippen molar-refractivity contribution >= 4 is 11.5 Å². The lowest BCUT2D eigenvalue weighted by molar-refractivity contribution is 0.654. The summed E-state index contributed by atoms with van der Waals surface area (Å²) in [5, 5.41) is 3.09. The molecular weight excluding hydrogens is 248 g/mol. The normalized spacial score (nSPS) is 17.1. The summed E-state index contributed by atoms with van der Waals surface area (Å²) in [4.78, 5) is 11.5. The number of rotatable bonds is 3. The van der Waals surface area contributed by atoms with Crippen molar-refractivity contribution in [3.05, 3.63) is 47.4 Å². The molecule has 0 aliphatic carbocycles. The molecule has 4 heteroatoms. The molecule has 0 spiro atoms. The number of anilines is 2. The highest BCUT2D eigenvalue weighted by Crippen LogP contribution is 2.32. The number of para-hydroxylation sites is 1. The Kier molecular flexibility index (Phi) is 3.30. The van der Waals surface area contributed by atoms with Crippen molar-refractivity contribution in [2.75, 3.05) is 17.3 Å². The van der Waals surface area contributed by atoms with E-state index in [0.717, 1.165) is 30.3 Å². The van der Waals surface area contributed by atoms with Gasteiger partial charge >= 0.3 is 0 Å². The van der Waals surface area contributed by atoms with Crippen molar-refractivity contribution < 1.29 is 0 Å². The van der Waals surface area contributed by atoms with E-state index in [4.69, 9.17) is 0 Å². The first-order valence-electron chi connectivity index (χ1n) is 7.04. The molecule has 1 aliphatic rings. The second-order valence-corrected chi connectivity index (χ2v) is 5.37. The van der Waals surface area contributed by atoms with Gasteiger partial charge in [-0.05, 0) is 31.9 Å². The van der Waals surface area contributed by atoms with Crippen LogP contribution in [0.25, 0.3) is 0 Å². The summed E-state index contributed by atoms with van der Waals surface area (Å²) in [5.74, 6) is 1.76. The Hall–Kier alpha value is -2.10. The van der Waals surface area contributed by atoms with Gasteiger partial charge in [-0.2, -0.15) is 0 Å². The maximum atomic E-state index is 4.56. The second kappa shape index (κ2) is 5.12. The van der Waals surface area contributed by atoms with Crippen LogP contribution in [-0.4, -0.2) is 23.1 Å². The van der Waals surface area contributed by atoms with Crippen LogP contribution in [0, 0.1) is 6.92 Å². The standard InChI is InChI=1S/C16H20N4/c1-11-8-15(17-3)19-16(18-11)10-20-12(2)9-13-6-4-5-7-14(13)20/h4-8,12H,9-10H2,1-3H3,(H,17,18,19). The summed E-state index contributed by atoms with van der Waals surface area (Å²) in [7, 11) is 1.89. The van der Waals surface area contributed by atoms with Crippen molar-refractivity contribution in [2.24, 2.45) is 0 Å². The van der Waals surface area contributed by atoms with Gasteiger partial charge in [0.05, 0.1) is 6.54 Å². The number of aromatic nitrogens is 2. The fourth-order valence-corrected chi connectivity index (χ4v) is 2.85. The lowest BCUT2D eigenvalue weighted by atomic mass is 10.1. The van der Waals surface area contributed by atoms with Crippen LogP contribution < -0.4 is 10.2 Å². The minimum Gasteiger partial charge on any atom is -0.373 e. The molecule has 0 amide bonds. The Morgan fingerprint density at radius 3 is 2.90 bits per heavy atom. The number of hydrogen-bond donors (Lipinski definition) is 1. The van der Waals surface area contributed by atoms with Gasteiger partial charge in [0.1, 0.15) is 11.6 Å². The van der Waals surface area contributed by atoms with Crippen LogP contribution in [0.2, 0.25) is 0 Å². The van der Waals surface area contributed by atoms with Gasteiger partial charge in [0, 0.05) is 30.5 Å². The average Bonchev–Trinajstić information content (AvgIpc) is 2.75. The maximum absolute atomic E-state index is 4.56. The number of fused-ring (bicyclic) bond motifs is 1. The topological polar surface area (TPSA) is 41.1 Å². The average molecular weight is 268 g/mol. The van der Waals surface area contributed by atoms with Crippen LogP contribution in [-0.2, 0) is 13.0 Å². The SMILES string of the molecule is CNc1cc(C)nc(CN2c3ccccc3CC2C)n1. The summed E-state index contributed by atoms with van der Waals surface area (Å²) in [6.07, 6.45) is 1.10. The zero-order chi connectivity index (χ0) is 14.1. The highest BCUT2D eigenvalue weighted by molar-refractivity contribution is 5.59. The van der Waals surface area contributed by atoms with Crippen LogP contribution in [0.1, 0.15) is 24.0 Å². The second-order valence-electron chi connectivity index (χ2n) is 5.37. The molecule has 0 fully saturated rings. The molecule has 0 radical (unpaired) electrons. The number of benzene rings is 1.